The molecule has 0 bridgehead atoms. The van der Waals surface area contributed by atoms with E-state index >= 15 is 0 Å². The number of rotatable bonds is 3. The molecule has 0 N–H and O–H groups in total. The van der Waals surface area contributed by atoms with Crippen molar-refractivity contribution < 1.29 is 0 Å². The van der Waals surface area contributed by atoms with E-state index in [0.717, 1.165) is 0 Å². The fraction of sp³-hybridized carbons (Fsp3) is 0.133. The zero-order valence-corrected chi connectivity index (χ0v) is 10.8. The van der Waals surface area contributed by atoms with E-state index in [2.05, 4.69) is 37.0 Å². The number of nitriles is 1. The molecular formula is C15H15NP+. The zero-order chi connectivity index (χ0) is 12.1. The molecule has 0 amide bonds. The molecule has 17 heavy (non-hydrogen) atoms. The fourth-order valence-electron chi connectivity index (χ4n) is 1.99. The van der Waals surface area contributed by atoms with Crippen molar-refractivity contribution in [2.75, 3.05) is 12.8 Å². The Bertz CT molecular complexity index is 474. The van der Waals surface area contributed by atoms with Gasteiger partial charge in [-0.15, -0.1) is 0 Å². The molecule has 0 radical (unpaired) electrons. The maximum absolute atomic E-state index is 9.10. The molecule has 2 heteroatoms. The molecule has 0 aliphatic rings. The van der Waals surface area contributed by atoms with Crippen LogP contribution >= 0.6 is 7.26 Å². The summed E-state index contributed by atoms with van der Waals surface area (Å²) in [6.45, 7) is 2.24. The first-order valence-corrected chi connectivity index (χ1v) is 8.03. The second kappa shape index (κ2) is 5.13. The normalized spacial score (nSPS) is 10.8. The van der Waals surface area contributed by atoms with E-state index in [1.54, 1.807) is 0 Å². The maximum atomic E-state index is 9.10. The molecule has 2 rings (SSSR count). The highest BCUT2D eigenvalue weighted by Gasteiger charge is 2.36. The van der Waals surface area contributed by atoms with Crippen LogP contribution in [0, 0.1) is 11.3 Å². The van der Waals surface area contributed by atoms with Crippen LogP contribution in [0.3, 0.4) is 0 Å². The van der Waals surface area contributed by atoms with Gasteiger partial charge in [-0.1, -0.05) is 36.4 Å². The molecule has 84 valence electrons. The van der Waals surface area contributed by atoms with Crippen molar-refractivity contribution >= 4 is 17.9 Å². The number of hydrogen-bond donors (Lipinski definition) is 0. The Balaban J connectivity index is 2.52. The van der Waals surface area contributed by atoms with Crippen molar-refractivity contribution in [3.05, 3.63) is 60.7 Å². The summed E-state index contributed by atoms with van der Waals surface area (Å²) in [6, 6.07) is 23.1. The third-order valence-corrected chi connectivity index (χ3v) is 6.69. The average molecular weight is 240 g/mol. The Kier molecular flexibility index (Phi) is 3.57. The van der Waals surface area contributed by atoms with Crippen LogP contribution in [0.15, 0.2) is 60.7 Å². The van der Waals surface area contributed by atoms with Gasteiger partial charge in [0.2, 0.25) is 0 Å². The van der Waals surface area contributed by atoms with Gasteiger partial charge in [0.25, 0.3) is 0 Å². The molecule has 0 unspecified atom stereocenters. The zero-order valence-electron chi connectivity index (χ0n) is 9.88. The average Bonchev–Trinajstić information content (AvgIpc) is 2.41. The molecule has 0 aromatic heterocycles. The summed E-state index contributed by atoms with van der Waals surface area (Å²) in [5, 5.41) is 11.7. The van der Waals surface area contributed by atoms with Gasteiger partial charge in [-0.25, -0.2) is 0 Å². The van der Waals surface area contributed by atoms with Gasteiger partial charge < -0.3 is 0 Å². The molecule has 2 aromatic rings. The lowest BCUT2D eigenvalue weighted by Gasteiger charge is -2.19. The third-order valence-electron chi connectivity index (χ3n) is 3.04. The van der Waals surface area contributed by atoms with Crippen molar-refractivity contribution in [2.24, 2.45) is 0 Å². The van der Waals surface area contributed by atoms with E-state index in [1.165, 1.54) is 10.6 Å². The maximum Gasteiger partial charge on any atom is 0.154 e. The summed E-state index contributed by atoms with van der Waals surface area (Å²) in [6.07, 6.45) is 0.598. The highest BCUT2D eigenvalue weighted by Crippen LogP contribution is 2.51. The smallest absolute Gasteiger partial charge is 0.154 e. The Morgan fingerprint density at radius 3 is 1.65 bits per heavy atom. The molecule has 0 aliphatic heterocycles. The van der Waals surface area contributed by atoms with Gasteiger partial charge in [-0.3, -0.25) is 0 Å². The van der Waals surface area contributed by atoms with Crippen molar-refractivity contribution in [1.29, 1.82) is 5.26 Å². The molecular weight excluding hydrogens is 225 g/mol. The van der Waals surface area contributed by atoms with E-state index in [0.29, 0.717) is 6.16 Å². The first kappa shape index (κ1) is 11.8. The Labute approximate surface area is 103 Å². The fourth-order valence-corrected chi connectivity index (χ4v) is 4.59. The van der Waals surface area contributed by atoms with Crippen LogP contribution in [0.2, 0.25) is 0 Å². The summed E-state index contributed by atoms with van der Waals surface area (Å²) in [5.74, 6) is 0. The summed E-state index contributed by atoms with van der Waals surface area (Å²) in [4.78, 5) is 0. The van der Waals surface area contributed by atoms with Gasteiger partial charge in [-0.05, 0) is 24.3 Å². The van der Waals surface area contributed by atoms with Crippen LogP contribution in [0.4, 0.5) is 0 Å². The van der Waals surface area contributed by atoms with E-state index in [4.69, 9.17) is 5.26 Å². The highest BCUT2D eigenvalue weighted by molar-refractivity contribution is 7.89. The summed E-state index contributed by atoms with van der Waals surface area (Å²) in [5.41, 5.74) is 0. The number of hydrogen-bond acceptors (Lipinski definition) is 1. The molecule has 0 heterocycles. The van der Waals surface area contributed by atoms with Gasteiger partial charge >= 0.3 is 0 Å². The molecule has 0 spiro atoms. The predicted octanol–water partition coefficient (Wildman–Crippen LogP) is 2.81. The number of benzene rings is 2. The molecule has 0 saturated heterocycles. The van der Waals surface area contributed by atoms with Crippen LogP contribution in [-0.2, 0) is 0 Å². The monoisotopic (exact) mass is 240 g/mol. The van der Waals surface area contributed by atoms with Gasteiger partial charge in [-0.2, -0.15) is 5.26 Å². The molecule has 0 aliphatic carbocycles. The minimum atomic E-state index is -1.54. The van der Waals surface area contributed by atoms with Crippen molar-refractivity contribution in [3.8, 4) is 6.07 Å². The predicted molar refractivity (Wildman–Crippen MR) is 75.5 cm³/mol. The van der Waals surface area contributed by atoms with E-state index in [9.17, 15) is 0 Å². The van der Waals surface area contributed by atoms with Crippen molar-refractivity contribution in [1.82, 2.24) is 0 Å². The molecule has 2 aromatic carbocycles. The first-order chi connectivity index (χ1) is 8.27. The van der Waals surface area contributed by atoms with Gasteiger partial charge in [0.1, 0.15) is 6.07 Å². The van der Waals surface area contributed by atoms with Crippen LogP contribution in [0.1, 0.15) is 0 Å². The van der Waals surface area contributed by atoms with Gasteiger partial charge in [0.05, 0.1) is 24.5 Å². The molecule has 0 atom stereocenters. The van der Waals surface area contributed by atoms with Gasteiger partial charge in [0.15, 0.2) is 6.16 Å². The second-order valence-corrected chi connectivity index (χ2v) is 7.91. The first-order valence-electron chi connectivity index (χ1n) is 5.61. The van der Waals surface area contributed by atoms with Crippen molar-refractivity contribution in [2.45, 2.75) is 0 Å². The third kappa shape index (κ3) is 2.38. The minimum absolute atomic E-state index is 0.598. The quantitative estimate of drug-likeness (QED) is 0.757. The summed E-state index contributed by atoms with van der Waals surface area (Å²) >= 11 is 0. The summed E-state index contributed by atoms with van der Waals surface area (Å²) < 4.78 is 0. The molecule has 1 nitrogen and oxygen atoms in total. The van der Waals surface area contributed by atoms with Crippen LogP contribution in [-0.4, -0.2) is 12.8 Å². The lowest BCUT2D eigenvalue weighted by molar-refractivity contribution is 1.48. The Morgan fingerprint density at radius 2 is 1.29 bits per heavy atom. The Hall–Kier alpha value is -1.64. The highest BCUT2D eigenvalue weighted by atomic mass is 31.2. The molecule has 0 saturated carbocycles. The lowest BCUT2D eigenvalue weighted by Crippen LogP contribution is -2.23. The number of nitrogens with zero attached hydrogens (tertiary/aromatic N) is 1. The second-order valence-electron chi connectivity index (χ2n) is 4.18. The Morgan fingerprint density at radius 1 is 0.882 bits per heavy atom. The van der Waals surface area contributed by atoms with Crippen LogP contribution < -0.4 is 10.6 Å². The largest absolute Gasteiger partial charge is 0.194 e. The van der Waals surface area contributed by atoms with E-state index < -0.39 is 7.26 Å². The minimum Gasteiger partial charge on any atom is -0.194 e. The SMILES string of the molecule is C[P+](CC#N)(c1ccccc1)c1ccccc1. The van der Waals surface area contributed by atoms with Crippen molar-refractivity contribution in [3.63, 3.8) is 0 Å². The van der Waals surface area contributed by atoms with Crippen LogP contribution in [0.5, 0.6) is 0 Å². The topological polar surface area (TPSA) is 23.8 Å². The molecule has 0 fully saturated rings. The standard InChI is InChI=1S/C15H15NP/c1-17(13-12-16,14-8-4-2-5-9-14)15-10-6-3-7-11-15/h2-11H,13H2,1H3/q+1. The summed E-state index contributed by atoms with van der Waals surface area (Å²) in [7, 11) is -1.54. The van der Waals surface area contributed by atoms with Gasteiger partial charge in [0, 0.05) is 0 Å². The lowest BCUT2D eigenvalue weighted by atomic mass is 10.4. The van der Waals surface area contributed by atoms with E-state index in [-0.39, 0.29) is 0 Å². The van der Waals surface area contributed by atoms with E-state index in [1.807, 2.05) is 36.4 Å². The van der Waals surface area contributed by atoms with Crippen LogP contribution in [0.25, 0.3) is 0 Å².